The highest BCUT2D eigenvalue weighted by Crippen LogP contribution is 2.37. The molecule has 1 fully saturated rings. The molecule has 0 saturated carbocycles. The van der Waals surface area contributed by atoms with E-state index < -0.39 is 0 Å². The van der Waals surface area contributed by atoms with E-state index in [2.05, 4.69) is 75.7 Å². The molecule has 4 heterocycles. The van der Waals surface area contributed by atoms with Crippen LogP contribution in [0.1, 0.15) is 17.2 Å². The van der Waals surface area contributed by atoms with Crippen LogP contribution in [0.3, 0.4) is 0 Å². The molecule has 0 radical (unpaired) electrons. The first-order valence-corrected chi connectivity index (χ1v) is 16.0. The summed E-state index contributed by atoms with van der Waals surface area (Å²) in [6.45, 7) is 6.17. The minimum absolute atomic E-state index is 0.0651. The van der Waals surface area contributed by atoms with Gasteiger partial charge in [0.25, 0.3) is 5.56 Å². The fourth-order valence-corrected chi connectivity index (χ4v) is 7.47. The van der Waals surface area contributed by atoms with Gasteiger partial charge < -0.3 is 15.1 Å². The normalized spacial score (nSPS) is 17.2. The van der Waals surface area contributed by atoms with Crippen LogP contribution in [0.15, 0.2) is 88.7 Å². The number of pyridine rings is 1. The van der Waals surface area contributed by atoms with Crippen LogP contribution in [0, 0.1) is 6.92 Å². The van der Waals surface area contributed by atoms with Gasteiger partial charge in [-0.25, -0.2) is 4.98 Å². The van der Waals surface area contributed by atoms with Crippen LogP contribution in [0.4, 0.5) is 17.3 Å². The number of benzene rings is 3. The number of aromatic nitrogens is 3. The maximum absolute atomic E-state index is 14.3. The highest BCUT2D eigenvalue weighted by molar-refractivity contribution is 7.99. The Morgan fingerprint density at radius 1 is 0.953 bits per heavy atom. The molecule has 1 saturated heterocycles. The molecule has 0 aliphatic carbocycles. The molecule has 1 N–H and O–H groups in total. The van der Waals surface area contributed by atoms with Crippen molar-refractivity contribution in [1.82, 2.24) is 19.4 Å². The topological polar surface area (TPSA) is 66.3 Å². The minimum Gasteiger partial charge on any atom is -0.369 e. The second-order valence-electron chi connectivity index (χ2n) is 11.4. The lowest BCUT2D eigenvalue weighted by atomic mass is 10.0. The highest BCUT2D eigenvalue weighted by Gasteiger charge is 2.26. The van der Waals surface area contributed by atoms with E-state index in [9.17, 15) is 4.79 Å². The fourth-order valence-electron chi connectivity index (χ4n) is 5.98. The van der Waals surface area contributed by atoms with Gasteiger partial charge in [-0.3, -0.25) is 9.36 Å². The second-order valence-corrected chi connectivity index (χ2v) is 12.9. The summed E-state index contributed by atoms with van der Waals surface area (Å²) < 4.78 is 1.87. The van der Waals surface area contributed by atoms with Crippen molar-refractivity contribution < 1.29 is 0 Å². The number of fused-ring (bicyclic) bond motifs is 2. The van der Waals surface area contributed by atoms with E-state index in [-0.39, 0.29) is 11.6 Å². The van der Waals surface area contributed by atoms with Gasteiger partial charge in [-0.1, -0.05) is 41.9 Å². The smallest absolute Gasteiger partial charge is 0.260 e. The first kappa shape index (κ1) is 28.0. The molecule has 0 bridgehead atoms. The molecule has 0 spiro atoms. The van der Waals surface area contributed by atoms with Gasteiger partial charge in [0.05, 0.1) is 6.04 Å². The Morgan fingerprint density at radius 2 is 1.74 bits per heavy atom. The van der Waals surface area contributed by atoms with Crippen LogP contribution in [0.5, 0.6) is 0 Å². The van der Waals surface area contributed by atoms with Crippen molar-refractivity contribution in [1.29, 1.82) is 0 Å². The van der Waals surface area contributed by atoms with Crippen molar-refractivity contribution in [3.63, 3.8) is 0 Å². The van der Waals surface area contributed by atoms with E-state index in [1.54, 1.807) is 18.0 Å². The standard InChI is InChI=1S/C34H33ClN6OS/c1-22-7-12-28(30(35)17-22)29-19-24-20-36-34(37-25-8-10-26(11-9-25)40-15-13-39(2)14-16-40)38-32(24)41(33(29)42)27-18-23-5-3-4-6-31(23)43-21-27/h3-12,17,19-20,27H,13-16,18,21H2,1-2H3,(H,36,37,38). The fraction of sp³-hybridized carbons (Fsp3) is 0.265. The molecular weight excluding hydrogens is 576 g/mol. The van der Waals surface area contributed by atoms with E-state index in [1.807, 2.05) is 35.8 Å². The molecular formula is C34H33ClN6OS. The number of hydrogen-bond donors (Lipinski definition) is 1. The van der Waals surface area contributed by atoms with Crippen molar-refractivity contribution >= 4 is 51.7 Å². The molecule has 218 valence electrons. The third-order valence-electron chi connectivity index (χ3n) is 8.40. The predicted molar refractivity (Wildman–Crippen MR) is 178 cm³/mol. The van der Waals surface area contributed by atoms with Crippen LogP contribution in [0.2, 0.25) is 5.02 Å². The van der Waals surface area contributed by atoms with Gasteiger partial charge in [-0.15, -0.1) is 11.8 Å². The first-order valence-electron chi connectivity index (χ1n) is 14.6. The van der Waals surface area contributed by atoms with E-state index >= 15 is 0 Å². The van der Waals surface area contributed by atoms with Gasteiger partial charge in [0.15, 0.2) is 0 Å². The molecule has 9 heteroatoms. The van der Waals surface area contributed by atoms with Crippen LogP contribution in [-0.2, 0) is 6.42 Å². The van der Waals surface area contributed by atoms with E-state index in [1.165, 1.54) is 16.1 Å². The predicted octanol–water partition coefficient (Wildman–Crippen LogP) is 6.81. The summed E-state index contributed by atoms with van der Waals surface area (Å²) >= 11 is 8.46. The monoisotopic (exact) mass is 608 g/mol. The Kier molecular flexibility index (Phi) is 7.59. The Morgan fingerprint density at radius 3 is 2.53 bits per heavy atom. The molecule has 3 aromatic carbocycles. The Bertz CT molecular complexity index is 1870. The van der Waals surface area contributed by atoms with Crippen molar-refractivity contribution in [3.05, 3.63) is 105 Å². The molecule has 7 rings (SSSR count). The lowest BCUT2D eigenvalue weighted by Gasteiger charge is -2.34. The van der Waals surface area contributed by atoms with Crippen molar-refractivity contribution in [2.45, 2.75) is 24.3 Å². The van der Waals surface area contributed by atoms with Crippen LogP contribution < -0.4 is 15.8 Å². The number of hydrogen-bond acceptors (Lipinski definition) is 7. The van der Waals surface area contributed by atoms with Gasteiger partial charge >= 0.3 is 0 Å². The number of aryl methyl sites for hydroxylation is 1. The van der Waals surface area contributed by atoms with Gasteiger partial charge in [-0.05, 0) is 74.0 Å². The van der Waals surface area contributed by atoms with E-state index in [4.69, 9.17) is 16.6 Å². The first-order chi connectivity index (χ1) is 20.9. The quantitative estimate of drug-likeness (QED) is 0.235. The van der Waals surface area contributed by atoms with Crippen LogP contribution >= 0.6 is 23.4 Å². The number of likely N-dealkylation sites (N-methyl/N-ethyl adjacent to an activating group) is 1. The average Bonchev–Trinajstić information content (AvgIpc) is 3.02. The van der Waals surface area contributed by atoms with E-state index in [0.717, 1.165) is 60.6 Å². The van der Waals surface area contributed by atoms with Gasteiger partial charge in [-0.2, -0.15) is 4.98 Å². The number of rotatable bonds is 5. The maximum atomic E-state index is 14.3. The number of thioether (sulfide) groups is 1. The third-order valence-corrected chi connectivity index (χ3v) is 9.98. The van der Waals surface area contributed by atoms with Crippen molar-refractivity contribution in [2.75, 3.05) is 49.2 Å². The molecule has 43 heavy (non-hydrogen) atoms. The van der Waals surface area contributed by atoms with Crippen molar-refractivity contribution in [3.8, 4) is 11.1 Å². The number of nitrogens with one attached hydrogen (secondary N) is 1. The highest BCUT2D eigenvalue weighted by atomic mass is 35.5. The molecule has 1 atom stereocenters. The van der Waals surface area contributed by atoms with E-state index in [0.29, 0.717) is 22.2 Å². The molecule has 5 aromatic rings. The minimum atomic E-state index is -0.0931. The largest absolute Gasteiger partial charge is 0.369 e. The zero-order valence-corrected chi connectivity index (χ0v) is 25.8. The third kappa shape index (κ3) is 5.62. The number of piperazine rings is 1. The Balaban J connectivity index is 1.27. The van der Waals surface area contributed by atoms with Gasteiger partial charge in [0.1, 0.15) is 5.65 Å². The van der Waals surface area contributed by atoms with Crippen molar-refractivity contribution in [2.24, 2.45) is 0 Å². The zero-order chi connectivity index (χ0) is 29.5. The average molecular weight is 609 g/mol. The summed E-state index contributed by atoms with van der Waals surface area (Å²) in [7, 11) is 2.16. The number of nitrogens with zero attached hydrogens (tertiary/aromatic N) is 5. The second kappa shape index (κ2) is 11.7. The Hall–Kier alpha value is -3.85. The molecule has 1 unspecified atom stereocenters. The number of halogens is 1. The lowest BCUT2D eigenvalue weighted by Crippen LogP contribution is -2.44. The molecule has 2 aliphatic rings. The molecule has 7 nitrogen and oxygen atoms in total. The maximum Gasteiger partial charge on any atom is 0.260 e. The summed E-state index contributed by atoms with van der Waals surface area (Å²) in [5.74, 6) is 1.23. The van der Waals surface area contributed by atoms with Gasteiger partial charge in [0.2, 0.25) is 5.95 Å². The molecule has 0 amide bonds. The summed E-state index contributed by atoms with van der Waals surface area (Å²) in [5.41, 5.74) is 6.21. The summed E-state index contributed by atoms with van der Waals surface area (Å²) in [6, 6.07) is 24.5. The number of anilines is 3. The van der Waals surface area contributed by atoms with Gasteiger partial charge in [0, 0.05) is 75.9 Å². The van der Waals surface area contributed by atoms with Crippen LogP contribution in [-0.4, -0.2) is 58.4 Å². The summed E-state index contributed by atoms with van der Waals surface area (Å²) in [5, 5.41) is 4.73. The Labute approximate surface area is 260 Å². The zero-order valence-electron chi connectivity index (χ0n) is 24.3. The summed E-state index contributed by atoms with van der Waals surface area (Å²) in [4.78, 5) is 29.9. The lowest BCUT2D eigenvalue weighted by molar-refractivity contribution is 0.313. The molecule has 2 aromatic heterocycles. The SMILES string of the molecule is Cc1ccc(-c2cc3cnc(Nc4ccc(N5CCN(C)CC5)cc4)nc3n(C3CSc4ccccc4C3)c2=O)c(Cl)c1. The summed E-state index contributed by atoms with van der Waals surface area (Å²) in [6.07, 6.45) is 2.55. The van der Waals surface area contributed by atoms with Crippen LogP contribution in [0.25, 0.3) is 22.2 Å². The molecule has 2 aliphatic heterocycles.